The van der Waals surface area contributed by atoms with Crippen LogP contribution in [0.5, 0.6) is 0 Å². The zero-order valence-electron chi connectivity index (χ0n) is 24.9. The molecule has 0 unspecified atom stereocenters. The molecule has 1 aromatic rings. The normalized spacial score (nSPS) is 14.3. The molecule has 3 amide bonds. The molecule has 0 saturated heterocycles. The van der Waals surface area contributed by atoms with E-state index in [2.05, 4.69) is 26.0 Å². The first-order valence-electron chi connectivity index (χ1n) is 14.0. The van der Waals surface area contributed by atoms with Crippen LogP contribution in [-0.2, 0) is 25.6 Å². The second kappa shape index (κ2) is 17.8. The number of hydrogen-bond donors (Lipinski definition) is 3. The number of amides is 3. The van der Waals surface area contributed by atoms with Crippen molar-refractivity contribution in [2.75, 3.05) is 0 Å². The van der Waals surface area contributed by atoms with E-state index in [4.69, 9.17) is 5.53 Å². The summed E-state index contributed by atoms with van der Waals surface area (Å²) in [6.45, 7) is 13.4. The molecule has 40 heavy (non-hydrogen) atoms. The molecule has 0 aliphatic carbocycles. The molecule has 0 heterocycles. The number of benzene rings is 1. The predicted octanol–water partition coefficient (Wildman–Crippen LogP) is 4.65. The maximum absolute atomic E-state index is 13.5. The topological polar surface area (TPSA) is 153 Å². The molecule has 0 bridgehead atoms. The average Bonchev–Trinajstić information content (AvgIpc) is 2.87. The van der Waals surface area contributed by atoms with Crippen LogP contribution in [0.1, 0.15) is 73.3 Å². The molecule has 4 atom stereocenters. The summed E-state index contributed by atoms with van der Waals surface area (Å²) in [7, 11) is 0. The Kier molecular flexibility index (Phi) is 15.3. The van der Waals surface area contributed by atoms with Crippen LogP contribution in [0.4, 0.5) is 0 Å². The molecular weight excluding hydrogens is 508 g/mol. The smallest absolute Gasteiger partial charge is 0.243 e. The fourth-order valence-corrected chi connectivity index (χ4v) is 4.30. The van der Waals surface area contributed by atoms with Gasteiger partial charge in [-0.3, -0.25) is 19.2 Å². The van der Waals surface area contributed by atoms with Crippen LogP contribution in [0, 0.1) is 17.8 Å². The fraction of sp³-hybridized carbons (Fsp3) is 0.600. The molecule has 0 aromatic heterocycles. The molecule has 0 radical (unpaired) electrons. The van der Waals surface area contributed by atoms with E-state index in [1.807, 2.05) is 71.9 Å². The highest BCUT2D eigenvalue weighted by Gasteiger charge is 2.31. The van der Waals surface area contributed by atoms with Gasteiger partial charge in [-0.2, -0.15) is 0 Å². The van der Waals surface area contributed by atoms with Crippen molar-refractivity contribution < 1.29 is 19.2 Å². The highest BCUT2D eigenvalue weighted by atomic mass is 16.2. The molecule has 220 valence electrons. The number of nitrogens with zero attached hydrogens (tertiary/aromatic N) is 3. The van der Waals surface area contributed by atoms with E-state index >= 15 is 0 Å². The summed E-state index contributed by atoms with van der Waals surface area (Å²) < 4.78 is 0. The van der Waals surface area contributed by atoms with Gasteiger partial charge in [-0.15, -0.1) is 0 Å². The van der Waals surface area contributed by atoms with Gasteiger partial charge in [0.1, 0.15) is 18.1 Å². The van der Waals surface area contributed by atoms with Crippen LogP contribution in [0.3, 0.4) is 0 Å². The lowest BCUT2D eigenvalue weighted by Gasteiger charge is -2.27. The molecule has 10 nitrogen and oxygen atoms in total. The van der Waals surface area contributed by atoms with Crippen molar-refractivity contribution in [1.29, 1.82) is 0 Å². The van der Waals surface area contributed by atoms with Gasteiger partial charge in [0.05, 0.1) is 6.04 Å². The van der Waals surface area contributed by atoms with Gasteiger partial charge in [-0.25, -0.2) is 0 Å². The maximum atomic E-state index is 13.5. The van der Waals surface area contributed by atoms with Crippen molar-refractivity contribution in [3.8, 4) is 0 Å². The lowest BCUT2D eigenvalue weighted by Crippen LogP contribution is -2.57. The lowest BCUT2D eigenvalue weighted by molar-refractivity contribution is -0.133. The number of ketones is 1. The molecule has 0 saturated carbocycles. The summed E-state index contributed by atoms with van der Waals surface area (Å²) >= 11 is 0. The minimum Gasteiger partial charge on any atom is -0.344 e. The van der Waals surface area contributed by atoms with E-state index in [0.29, 0.717) is 19.3 Å². The van der Waals surface area contributed by atoms with E-state index in [0.717, 1.165) is 5.56 Å². The summed E-state index contributed by atoms with van der Waals surface area (Å²) in [5.41, 5.74) is 9.86. The number of hydrogen-bond acceptors (Lipinski definition) is 5. The first kappa shape index (κ1) is 34.4. The predicted molar refractivity (Wildman–Crippen MR) is 157 cm³/mol. The summed E-state index contributed by atoms with van der Waals surface area (Å²) in [5.74, 6) is -1.44. The summed E-state index contributed by atoms with van der Waals surface area (Å²) in [6, 6.07) is 5.56. The van der Waals surface area contributed by atoms with Crippen LogP contribution in [0.2, 0.25) is 0 Å². The Balaban J connectivity index is 3.13. The van der Waals surface area contributed by atoms with Crippen LogP contribution in [-0.4, -0.2) is 47.7 Å². The third-order valence-corrected chi connectivity index (χ3v) is 6.14. The van der Waals surface area contributed by atoms with E-state index < -0.39 is 41.9 Å². The van der Waals surface area contributed by atoms with Gasteiger partial charge in [0.15, 0.2) is 5.78 Å². The van der Waals surface area contributed by atoms with Gasteiger partial charge in [0, 0.05) is 4.91 Å². The summed E-state index contributed by atoms with van der Waals surface area (Å²) in [5, 5.41) is 12.0. The zero-order chi connectivity index (χ0) is 30.2. The Morgan fingerprint density at radius 1 is 0.775 bits per heavy atom. The Hall–Kier alpha value is -3.65. The molecule has 3 N–H and O–H groups in total. The van der Waals surface area contributed by atoms with Gasteiger partial charge in [-0.05, 0) is 67.5 Å². The quantitative estimate of drug-likeness (QED) is 0.111. The van der Waals surface area contributed by atoms with Crippen molar-refractivity contribution in [1.82, 2.24) is 16.0 Å². The molecule has 0 spiro atoms. The van der Waals surface area contributed by atoms with Gasteiger partial charge in [0.25, 0.3) is 0 Å². The third-order valence-electron chi connectivity index (χ3n) is 6.14. The van der Waals surface area contributed by atoms with Crippen molar-refractivity contribution in [3.05, 3.63) is 58.5 Å². The zero-order valence-corrected chi connectivity index (χ0v) is 24.9. The second-order valence-corrected chi connectivity index (χ2v) is 11.4. The highest BCUT2D eigenvalue weighted by Crippen LogP contribution is 2.13. The average molecular weight is 555 g/mol. The number of carbonyl (C=O) groups is 4. The molecular formula is C30H46N6O4. The Labute approximate surface area is 238 Å². The van der Waals surface area contributed by atoms with Crippen molar-refractivity contribution in [2.24, 2.45) is 22.9 Å². The summed E-state index contributed by atoms with van der Waals surface area (Å²) in [6.07, 6.45) is 4.39. The third kappa shape index (κ3) is 12.9. The van der Waals surface area contributed by atoms with E-state index in [1.165, 1.54) is 6.08 Å². The highest BCUT2D eigenvalue weighted by molar-refractivity contribution is 5.98. The minimum absolute atomic E-state index is 0.0503. The largest absolute Gasteiger partial charge is 0.344 e. The molecule has 0 aliphatic heterocycles. The number of nitrogens with one attached hydrogen (secondary N) is 3. The molecule has 1 rings (SSSR count). The molecule has 1 aromatic carbocycles. The first-order valence-corrected chi connectivity index (χ1v) is 14.0. The number of carbonyl (C=O) groups excluding carboxylic acids is 4. The van der Waals surface area contributed by atoms with E-state index in [-0.39, 0.29) is 30.0 Å². The standard InChI is InChI=1S/C30H46N6O4/c1-8-12-27(37)23(15-19(2)3)32-28(38)24(16-20(4)5)33-29(39)25(17-21(6)7)34-30(40)26(35-36-31)18-22-13-10-9-11-14-22/h8-14,19-21,23-26H,15-18H2,1-7H3,(H,32,38)(H,33,39)(H,34,40)/b12-8+/t23-,24-,25-,26-/m0/s1. The number of allylic oxidation sites excluding steroid dienone is 1. The fourth-order valence-electron chi connectivity index (χ4n) is 4.30. The minimum atomic E-state index is -1.04. The van der Waals surface area contributed by atoms with Crippen molar-refractivity contribution in [2.45, 2.75) is 98.3 Å². The van der Waals surface area contributed by atoms with Gasteiger partial charge >= 0.3 is 0 Å². The van der Waals surface area contributed by atoms with Crippen LogP contribution < -0.4 is 16.0 Å². The van der Waals surface area contributed by atoms with Crippen molar-refractivity contribution in [3.63, 3.8) is 0 Å². The lowest BCUT2D eigenvalue weighted by atomic mass is 9.97. The van der Waals surface area contributed by atoms with Crippen LogP contribution in [0.25, 0.3) is 10.4 Å². The monoisotopic (exact) mass is 554 g/mol. The van der Waals surface area contributed by atoms with Gasteiger partial charge < -0.3 is 16.0 Å². The maximum Gasteiger partial charge on any atom is 0.243 e. The molecule has 0 aliphatic rings. The first-order chi connectivity index (χ1) is 18.9. The van der Waals surface area contributed by atoms with E-state index in [9.17, 15) is 19.2 Å². The Morgan fingerprint density at radius 2 is 1.23 bits per heavy atom. The van der Waals surface area contributed by atoms with Gasteiger partial charge in [0.2, 0.25) is 17.7 Å². The van der Waals surface area contributed by atoms with Crippen molar-refractivity contribution >= 4 is 23.5 Å². The number of rotatable bonds is 17. The summed E-state index contributed by atoms with van der Waals surface area (Å²) in [4.78, 5) is 55.4. The van der Waals surface area contributed by atoms with Crippen LogP contribution >= 0.6 is 0 Å². The Bertz CT molecular complexity index is 1050. The second-order valence-electron chi connectivity index (χ2n) is 11.4. The van der Waals surface area contributed by atoms with Crippen LogP contribution in [0.15, 0.2) is 47.6 Å². The Morgan fingerprint density at radius 3 is 1.68 bits per heavy atom. The SMILES string of the molecule is C/C=C/C(=O)[C@H](CC(C)C)NC(=O)[C@H](CC(C)C)NC(=O)[C@H](CC(C)C)NC(=O)[C@H](Cc1ccccc1)N=[N+]=[N-]. The van der Waals surface area contributed by atoms with Gasteiger partial charge in [-0.1, -0.05) is 83.1 Å². The molecule has 10 heteroatoms. The van der Waals surface area contributed by atoms with E-state index in [1.54, 1.807) is 13.0 Å². The molecule has 0 fully saturated rings. The number of azide groups is 1.